The van der Waals surface area contributed by atoms with Crippen molar-refractivity contribution in [2.24, 2.45) is 5.73 Å². The van der Waals surface area contributed by atoms with Crippen LogP contribution in [0.4, 0.5) is 0 Å². The van der Waals surface area contributed by atoms with E-state index >= 15 is 0 Å². The quantitative estimate of drug-likeness (QED) is 0.859. The Labute approximate surface area is 95.5 Å². The highest BCUT2D eigenvalue weighted by Crippen LogP contribution is 2.31. The standard InChI is InChI=1S/C9H10INO3/c1-13-5-3-4-6(14-2)8(10)7(5)9(11)12/h3-4H,1-2H3,(H2,11,12). The van der Waals surface area contributed by atoms with Crippen LogP contribution in [-0.4, -0.2) is 20.1 Å². The van der Waals surface area contributed by atoms with Crippen LogP contribution in [0.15, 0.2) is 12.1 Å². The zero-order valence-corrected chi connectivity index (χ0v) is 9.99. The maximum atomic E-state index is 11.2. The van der Waals surface area contributed by atoms with Gasteiger partial charge in [0, 0.05) is 0 Å². The number of carbonyl (C=O) groups is 1. The van der Waals surface area contributed by atoms with Crippen molar-refractivity contribution in [2.75, 3.05) is 14.2 Å². The lowest BCUT2D eigenvalue weighted by Gasteiger charge is -2.10. The van der Waals surface area contributed by atoms with Crippen molar-refractivity contribution in [1.29, 1.82) is 0 Å². The molecule has 0 saturated carbocycles. The third-order valence-corrected chi connectivity index (χ3v) is 2.83. The zero-order valence-electron chi connectivity index (χ0n) is 7.83. The van der Waals surface area contributed by atoms with E-state index in [1.54, 1.807) is 12.1 Å². The molecule has 0 aliphatic carbocycles. The molecule has 1 rings (SSSR count). The van der Waals surface area contributed by atoms with Gasteiger partial charge in [0.25, 0.3) is 5.91 Å². The molecule has 0 atom stereocenters. The Hall–Kier alpha value is -0.980. The molecule has 1 aromatic carbocycles. The fourth-order valence-corrected chi connectivity index (χ4v) is 2.03. The summed E-state index contributed by atoms with van der Waals surface area (Å²) in [5.41, 5.74) is 5.59. The summed E-state index contributed by atoms with van der Waals surface area (Å²) in [6.45, 7) is 0. The Morgan fingerprint density at radius 2 is 1.79 bits per heavy atom. The highest BCUT2D eigenvalue weighted by atomic mass is 127. The van der Waals surface area contributed by atoms with Crippen LogP contribution in [0.1, 0.15) is 10.4 Å². The average Bonchev–Trinajstić information content (AvgIpc) is 2.16. The van der Waals surface area contributed by atoms with Gasteiger partial charge in [-0.1, -0.05) is 0 Å². The van der Waals surface area contributed by atoms with Crippen LogP contribution in [0.2, 0.25) is 0 Å². The number of amides is 1. The number of carbonyl (C=O) groups excluding carboxylic acids is 1. The number of halogens is 1. The van der Waals surface area contributed by atoms with E-state index in [4.69, 9.17) is 15.2 Å². The van der Waals surface area contributed by atoms with Crippen LogP contribution in [-0.2, 0) is 0 Å². The first kappa shape index (κ1) is 11.1. The van der Waals surface area contributed by atoms with Gasteiger partial charge in [-0.05, 0) is 34.7 Å². The number of hydrogen-bond acceptors (Lipinski definition) is 3. The number of hydrogen-bond donors (Lipinski definition) is 1. The predicted molar refractivity (Wildman–Crippen MR) is 60.8 cm³/mol. The molecule has 0 fully saturated rings. The van der Waals surface area contributed by atoms with Crippen molar-refractivity contribution in [3.05, 3.63) is 21.3 Å². The summed E-state index contributed by atoms with van der Waals surface area (Å²) in [5.74, 6) is 0.549. The van der Waals surface area contributed by atoms with Gasteiger partial charge in [0.1, 0.15) is 11.5 Å². The third-order valence-electron chi connectivity index (χ3n) is 1.75. The molecular formula is C9H10INO3. The van der Waals surface area contributed by atoms with Crippen LogP contribution >= 0.6 is 22.6 Å². The van der Waals surface area contributed by atoms with Crippen LogP contribution in [0, 0.1) is 3.57 Å². The van der Waals surface area contributed by atoms with Gasteiger partial charge in [0.2, 0.25) is 0 Å². The van der Waals surface area contributed by atoms with E-state index in [2.05, 4.69) is 0 Å². The van der Waals surface area contributed by atoms with Crippen molar-refractivity contribution >= 4 is 28.5 Å². The second-order valence-corrected chi connectivity index (χ2v) is 3.60. The molecule has 0 aliphatic heterocycles. The van der Waals surface area contributed by atoms with Gasteiger partial charge >= 0.3 is 0 Å². The van der Waals surface area contributed by atoms with Gasteiger partial charge in [-0.3, -0.25) is 4.79 Å². The van der Waals surface area contributed by atoms with Crippen LogP contribution in [0.3, 0.4) is 0 Å². The van der Waals surface area contributed by atoms with Gasteiger partial charge in [-0.15, -0.1) is 0 Å². The molecule has 0 spiro atoms. The molecule has 1 aromatic rings. The zero-order chi connectivity index (χ0) is 10.7. The molecule has 0 heterocycles. The molecule has 0 radical (unpaired) electrons. The van der Waals surface area contributed by atoms with Crippen molar-refractivity contribution in [3.63, 3.8) is 0 Å². The first-order valence-electron chi connectivity index (χ1n) is 3.82. The lowest BCUT2D eigenvalue weighted by molar-refractivity contribution is 0.0996. The minimum absolute atomic E-state index is 0.354. The van der Waals surface area contributed by atoms with Crippen molar-refractivity contribution in [3.8, 4) is 11.5 Å². The van der Waals surface area contributed by atoms with Gasteiger partial charge < -0.3 is 15.2 Å². The first-order valence-corrected chi connectivity index (χ1v) is 4.90. The topological polar surface area (TPSA) is 61.6 Å². The first-order chi connectivity index (χ1) is 6.61. The van der Waals surface area contributed by atoms with Crippen LogP contribution in [0.5, 0.6) is 11.5 Å². The summed E-state index contributed by atoms with van der Waals surface area (Å²) in [4.78, 5) is 11.2. The van der Waals surface area contributed by atoms with E-state index in [1.807, 2.05) is 22.6 Å². The summed E-state index contributed by atoms with van der Waals surface area (Å²) in [5, 5.41) is 0. The van der Waals surface area contributed by atoms with Gasteiger partial charge in [-0.2, -0.15) is 0 Å². The lowest BCUT2D eigenvalue weighted by Crippen LogP contribution is -2.14. The SMILES string of the molecule is COc1ccc(OC)c(C(N)=O)c1I. The van der Waals surface area contributed by atoms with E-state index in [1.165, 1.54) is 14.2 Å². The maximum Gasteiger partial charge on any atom is 0.253 e. The molecular weight excluding hydrogens is 297 g/mol. The third kappa shape index (κ3) is 1.92. The highest BCUT2D eigenvalue weighted by Gasteiger charge is 2.16. The Bertz CT molecular complexity index is 365. The molecule has 1 amide bonds. The van der Waals surface area contributed by atoms with Gasteiger partial charge in [-0.25, -0.2) is 0 Å². The molecule has 4 nitrogen and oxygen atoms in total. The maximum absolute atomic E-state index is 11.2. The van der Waals surface area contributed by atoms with E-state index in [0.29, 0.717) is 20.6 Å². The summed E-state index contributed by atoms with van der Waals surface area (Å²) in [7, 11) is 3.03. The Balaban J connectivity index is 3.39. The Kier molecular flexibility index (Phi) is 3.56. The molecule has 0 aromatic heterocycles. The van der Waals surface area contributed by atoms with Crippen molar-refractivity contribution < 1.29 is 14.3 Å². The van der Waals surface area contributed by atoms with Gasteiger partial charge in [0.15, 0.2) is 0 Å². The van der Waals surface area contributed by atoms with Crippen LogP contribution in [0.25, 0.3) is 0 Å². The fourth-order valence-electron chi connectivity index (χ4n) is 1.10. The number of nitrogens with two attached hydrogens (primary N) is 1. The van der Waals surface area contributed by atoms with E-state index in [-0.39, 0.29) is 0 Å². The summed E-state index contributed by atoms with van der Waals surface area (Å²) in [6.07, 6.45) is 0. The number of rotatable bonds is 3. The van der Waals surface area contributed by atoms with Crippen molar-refractivity contribution in [1.82, 2.24) is 0 Å². The molecule has 76 valence electrons. The summed E-state index contributed by atoms with van der Waals surface area (Å²) in [6, 6.07) is 3.38. The molecule has 0 bridgehead atoms. The van der Waals surface area contributed by atoms with Crippen molar-refractivity contribution in [2.45, 2.75) is 0 Å². The smallest absolute Gasteiger partial charge is 0.253 e. The monoisotopic (exact) mass is 307 g/mol. The molecule has 0 saturated heterocycles. The Morgan fingerprint density at radius 3 is 2.21 bits per heavy atom. The molecule has 2 N–H and O–H groups in total. The molecule has 5 heteroatoms. The lowest BCUT2D eigenvalue weighted by atomic mass is 10.2. The van der Waals surface area contributed by atoms with Crippen LogP contribution < -0.4 is 15.2 Å². The van der Waals surface area contributed by atoms with E-state index in [9.17, 15) is 4.79 Å². The molecule has 14 heavy (non-hydrogen) atoms. The molecule has 0 unspecified atom stereocenters. The average molecular weight is 307 g/mol. The molecule has 0 aliphatic rings. The number of benzene rings is 1. The highest BCUT2D eigenvalue weighted by molar-refractivity contribution is 14.1. The summed E-state index contributed by atoms with van der Waals surface area (Å²) >= 11 is 2.00. The minimum Gasteiger partial charge on any atom is -0.496 e. The number of ether oxygens (including phenoxy) is 2. The Morgan fingerprint density at radius 1 is 1.29 bits per heavy atom. The van der Waals surface area contributed by atoms with E-state index < -0.39 is 5.91 Å². The largest absolute Gasteiger partial charge is 0.496 e. The fraction of sp³-hybridized carbons (Fsp3) is 0.222. The second-order valence-electron chi connectivity index (χ2n) is 2.52. The summed E-state index contributed by atoms with van der Waals surface area (Å²) < 4.78 is 10.8. The van der Waals surface area contributed by atoms with Gasteiger partial charge in [0.05, 0.1) is 23.4 Å². The number of methoxy groups -OCH3 is 2. The minimum atomic E-state index is -0.523. The number of primary amides is 1. The normalized spacial score (nSPS) is 9.64. The second kappa shape index (κ2) is 4.50. The van der Waals surface area contributed by atoms with E-state index in [0.717, 1.165) is 0 Å². The predicted octanol–water partition coefficient (Wildman–Crippen LogP) is 1.41.